The Labute approximate surface area is 188 Å². The summed E-state index contributed by atoms with van der Waals surface area (Å²) in [5, 5.41) is 10.5. The number of nitrogens with one attached hydrogen (secondary N) is 2. The Kier molecular flexibility index (Phi) is 7.30. The summed E-state index contributed by atoms with van der Waals surface area (Å²) in [6, 6.07) is 19.6. The minimum atomic E-state index is -0.00488. The van der Waals surface area contributed by atoms with Crippen LogP contribution in [0.25, 0.3) is 5.69 Å². The Morgan fingerprint density at radius 2 is 1.62 bits per heavy atom. The molecule has 2 heterocycles. The third kappa shape index (κ3) is 6.28. The molecule has 0 radical (unpaired) electrons. The van der Waals surface area contributed by atoms with Gasteiger partial charge in [-0.2, -0.15) is 5.10 Å². The number of likely N-dealkylation sites (tertiary alicyclic amines) is 1. The number of hydrogen-bond acceptors (Lipinski definition) is 4. The van der Waals surface area contributed by atoms with E-state index in [0.717, 1.165) is 42.9 Å². The first-order valence-corrected chi connectivity index (χ1v) is 11.1. The average molecular weight is 432 g/mol. The number of benzene rings is 2. The van der Waals surface area contributed by atoms with Gasteiger partial charge < -0.3 is 10.6 Å². The summed E-state index contributed by atoms with van der Waals surface area (Å²) in [5.41, 5.74) is 2.87. The highest BCUT2D eigenvalue weighted by Crippen LogP contribution is 2.13. The molecular weight excluding hydrogens is 402 g/mol. The maximum Gasteiger partial charge on any atom is 0.238 e. The number of carbonyl (C=O) groups is 2. The van der Waals surface area contributed by atoms with Gasteiger partial charge in [-0.1, -0.05) is 36.4 Å². The van der Waals surface area contributed by atoms with E-state index in [2.05, 4.69) is 20.6 Å². The lowest BCUT2D eigenvalue weighted by Crippen LogP contribution is -2.46. The molecule has 2 amide bonds. The van der Waals surface area contributed by atoms with Gasteiger partial charge in [0.1, 0.15) is 0 Å². The van der Waals surface area contributed by atoms with Crippen molar-refractivity contribution >= 4 is 17.5 Å². The van der Waals surface area contributed by atoms with E-state index >= 15 is 0 Å². The van der Waals surface area contributed by atoms with Crippen LogP contribution in [0, 0.1) is 0 Å². The van der Waals surface area contributed by atoms with Crippen LogP contribution in [0.3, 0.4) is 0 Å². The van der Waals surface area contributed by atoms with Crippen molar-refractivity contribution in [3.05, 3.63) is 78.6 Å². The lowest BCUT2D eigenvalue weighted by atomic mass is 10.0. The summed E-state index contributed by atoms with van der Waals surface area (Å²) in [4.78, 5) is 26.8. The second-order valence-corrected chi connectivity index (χ2v) is 8.16. The van der Waals surface area contributed by atoms with Gasteiger partial charge >= 0.3 is 0 Å². The Balaban J connectivity index is 1.15. The highest BCUT2D eigenvalue weighted by molar-refractivity contribution is 5.92. The number of anilines is 1. The van der Waals surface area contributed by atoms with Crippen LogP contribution in [0.15, 0.2) is 73.1 Å². The van der Waals surface area contributed by atoms with Crippen LogP contribution < -0.4 is 10.6 Å². The van der Waals surface area contributed by atoms with Crippen LogP contribution in [-0.4, -0.2) is 52.2 Å². The number of hydrogen-bond donors (Lipinski definition) is 2. The molecule has 32 heavy (non-hydrogen) atoms. The van der Waals surface area contributed by atoms with E-state index in [1.165, 1.54) is 0 Å². The summed E-state index contributed by atoms with van der Waals surface area (Å²) >= 11 is 0. The Morgan fingerprint density at radius 3 is 2.34 bits per heavy atom. The zero-order chi connectivity index (χ0) is 22.2. The van der Waals surface area contributed by atoms with Crippen molar-refractivity contribution in [2.24, 2.45) is 0 Å². The van der Waals surface area contributed by atoms with Gasteiger partial charge in [-0.05, 0) is 49.1 Å². The number of nitrogens with zero attached hydrogens (tertiary/aromatic N) is 3. The molecule has 0 bridgehead atoms. The third-order valence-corrected chi connectivity index (χ3v) is 5.67. The molecule has 1 aliphatic rings. The average Bonchev–Trinajstić information content (AvgIpc) is 3.29. The van der Waals surface area contributed by atoms with Gasteiger partial charge in [0, 0.05) is 37.4 Å². The molecule has 0 atom stereocenters. The Morgan fingerprint density at radius 1 is 0.938 bits per heavy atom. The maximum absolute atomic E-state index is 12.4. The standard InChI is InChI=1S/C25H29N5O2/c31-24(12-11-20-17-26-30(18-20)23-9-5-2-6-10-23)27-22-13-15-29(16-14-22)19-25(32)28-21-7-3-1-4-8-21/h1-10,17-18,22H,11-16,19H2,(H,27,31)(H,28,32). The molecule has 2 aromatic carbocycles. The lowest BCUT2D eigenvalue weighted by Gasteiger charge is -2.31. The predicted molar refractivity (Wildman–Crippen MR) is 125 cm³/mol. The highest BCUT2D eigenvalue weighted by Gasteiger charge is 2.22. The molecule has 2 N–H and O–H groups in total. The van der Waals surface area contributed by atoms with Gasteiger partial charge in [0.2, 0.25) is 11.8 Å². The second-order valence-electron chi connectivity index (χ2n) is 8.16. The molecule has 0 aliphatic carbocycles. The van der Waals surface area contributed by atoms with E-state index in [9.17, 15) is 9.59 Å². The Bertz CT molecular complexity index is 1010. The summed E-state index contributed by atoms with van der Waals surface area (Å²) < 4.78 is 1.83. The van der Waals surface area contributed by atoms with E-state index in [0.29, 0.717) is 19.4 Å². The molecule has 1 fully saturated rings. The number of rotatable bonds is 8. The zero-order valence-electron chi connectivity index (χ0n) is 18.1. The first-order valence-electron chi connectivity index (χ1n) is 11.1. The fourth-order valence-electron chi connectivity index (χ4n) is 3.93. The van der Waals surface area contributed by atoms with Crippen molar-refractivity contribution in [3.8, 4) is 5.69 Å². The fraction of sp³-hybridized carbons (Fsp3) is 0.320. The van der Waals surface area contributed by atoms with Crippen molar-refractivity contribution in [2.45, 2.75) is 31.7 Å². The molecule has 4 rings (SSSR count). The predicted octanol–water partition coefficient (Wildman–Crippen LogP) is 3.02. The van der Waals surface area contributed by atoms with Gasteiger partial charge in [-0.3, -0.25) is 14.5 Å². The van der Waals surface area contributed by atoms with Gasteiger partial charge in [-0.25, -0.2) is 4.68 Å². The maximum atomic E-state index is 12.4. The number of piperidine rings is 1. The summed E-state index contributed by atoms with van der Waals surface area (Å²) in [6.07, 6.45) is 6.62. The van der Waals surface area contributed by atoms with Crippen molar-refractivity contribution < 1.29 is 9.59 Å². The number of aryl methyl sites for hydroxylation is 1. The molecular formula is C25H29N5O2. The van der Waals surface area contributed by atoms with Crippen molar-refractivity contribution in [3.63, 3.8) is 0 Å². The molecule has 7 nitrogen and oxygen atoms in total. The quantitative estimate of drug-likeness (QED) is 0.575. The van der Waals surface area contributed by atoms with Crippen molar-refractivity contribution in [2.75, 3.05) is 25.0 Å². The molecule has 7 heteroatoms. The topological polar surface area (TPSA) is 79.3 Å². The normalized spacial score (nSPS) is 14.8. The van der Waals surface area contributed by atoms with Crippen LogP contribution in [0.1, 0.15) is 24.8 Å². The summed E-state index contributed by atoms with van der Waals surface area (Å²) in [5.74, 6) is 0.0625. The first-order chi connectivity index (χ1) is 15.7. The minimum Gasteiger partial charge on any atom is -0.353 e. The SMILES string of the molecule is O=C(CN1CCC(NC(=O)CCc2cnn(-c3ccccc3)c2)CC1)Nc1ccccc1. The Hall–Kier alpha value is -3.45. The highest BCUT2D eigenvalue weighted by atomic mass is 16.2. The molecule has 0 saturated carbocycles. The minimum absolute atomic E-state index is 0.00488. The zero-order valence-corrected chi connectivity index (χ0v) is 18.1. The number of carbonyl (C=O) groups excluding carboxylic acids is 2. The number of amides is 2. The van der Waals surface area contributed by atoms with E-state index in [4.69, 9.17) is 0 Å². The smallest absolute Gasteiger partial charge is 0.238 e. The van der Waals surface area contributed by atoms with Crippen molar-refractivity contribution in [1.82, 2.24) is 20.0 Å². The van der Waals surface area contributed by atoms with E-state index in [1.807, 2.05) is 77.7 Å². The third-order valence-electron chi connectivity index (χ3n) is 5.67. The molecule has 1 saturated heterocycles. The molecule has 1 aliphatic heterocycles. The molecule has 3 aromatic rings. The van der Waals surface area contributed by atoms with Crippen LogP contribution >= 0.6 is 0 Å². The van der Waals surface area contributed by atoms with Crippen molar-refractivity contribution in [1.29, 1.82) is 0 Å². The van der Waals surface area contributed by atoms with Crippen LogP contribution in [0.4, 0.5) is 5.69 Å². The molecule has 0 spiro atoms. The second kappa shape index (κ2) is 10.7. The van der Waals surface area contributed by atoms with E-state index in [1.54, 1.807) is 0 Å². The van der Waals surface area contributed by atoms with Gasteiger partial charge in [0.25, 0.3) is 0 Å². The fourth-order valence-corrected chi connectivity index (χ4v) is 3.93. The summed E-state index contributed by atoms with van der Waals surface area (Å²) in [7, 11) is 0. The molecule has 0 unspecified atom stereocenters. The van der Waals surface area contributed by atoms with Crippen LogP contribution in [0.2, 0.25) is 0 Å². The van der Waals surface area contributed by atoms with Crippen LogP contribution in [0.5, 0.6) is 0 Å². The number of para-hydroxylation sites is 2. The first kappa shape index (κ1) is 21.8. The molecule has 1 aromatic heterocycles. The number of aromatic nitrogens is 2. The largest absolute Gasteiger partial charge is 0.353 e. The van der Waals surface area contributed by atoms with Gasteiger partial charge in [0.15, 0.2) is 0 Å². The summed E-state index contributed by atoms with van der Waals surface area (Å²) in [6.45, 7) is 1.98. The van der Waals surface area contributed by atoms with E-state index in [-0.39, 0.29) is 17.9 Å². The molecule has 166 valence electrons. The van der Waals surface area contributed by atoms with Crippen LogP contribution in [-0.2, 0) is 16.0 Å². The lowest BCUT2D eigenvalue weighted by molar-refractivity contribution is -0.122. The monoisotopic (exact) mass is 431 g/mol. The van der Waals surface area contributed by atoms with E-state index < -0.39 is 0 Å². The van der Waals surface area contributed by atoms with Gasteiger partial charge in [0.05, 0.1) is 18.4 Å². The van der Waals surface area contributed by atoms with Gasteiger partial charge in [-0.15, -0.1) is 0 Å².